The number of hydrogen-bond donors (Lipinski definition) is 2. The van der Waals surface area contributed by atoms with Crippen LogP contribution in [0.5, 0.6) is 5.75 Å². The molecule has 1 aliphatic heterocycles. The fraction of sp³-hybridized carbons (Fsp3) is 0.500. The van der Waals surface area contributed by atoms with Gasteiger partial charge in [0.2, 0.25) is 0 Å². The van der Waals surface area contributed by atoms with E-state index in [0.717, 1.165) is 25.7 Å². The van der Waals surface area contributed by atoms with Gasteiger partial charge in [0.05, 0.1) is 24.5 Å². The summed E-state index contributed by atoms with van der Waals surface area (Å²) < 4.78 is 42.6. The monoisotopic (exact) mass is 467 g/mol. The number of carbonyl (C=O) groups excluding carboxylic acids is 2. The number of alkyl halides is 3. The zero-order valence-electron chi connectivity index (χ0n) is 17.7. The first-order valence-electron chi connectivity index (χ1n) is 10.6. The van der Waals surface area contributed by atoms with Crippen molar-refractivity contribution in [1.29, 1.82) is 0 Å². The van der Waals surface area contributed by atoms with E-state index in [1.54, 1.807) is 15.9 Å². The Morgan fingerprint density at radius 3 is 2.73 bits per heavy atom. The minimum atomic E-state index is -4.79. The lowest BCUT2D eigenvalue weighted by Gasteiger charge is -2.38. The number of aromatic nitrogens is 3. The van der Waals surface area contributed by atoms with Crippen LogP contribution < -0.4 is 15.8 Å². The number of carbonyl (C=O) groups is 2. The molecule has 1 saturated carbocycles. The van der Waals surface area contributed by atoms with Gasteiger partial charge in [0, 0.05) is 25.2 Å². The van der Waals surface area contributed by atoms with Gasteiger partial charge in [0.1, 0.15) is 11.4 Å². The van der Waals surface area contributed by atoms with Gasteiger partial charge in [0.15, 0.2) is 0 Å². The lowest BCUT2D eigenvalue weighted by Crippen LogP contribution is -2.55. The van der Waals surface area contributed by atoms with Crippen molar-refractivity contribution in [3.8, 4) is 11.4 Å². The number of hydrogen-bond acceptors (Lipinski definition) is 5. The van der Waals surface area contributed by atoms with Crippen molar-refractivity contribution in [1.82, 2.24) is 30.1 Å². The highest BCUT2D eigenvalue weighted by Crippen LogP contribution is 2.31. The van der Waals surface area contributed by atoms with Crippen LogP contribution in [-0.4, -0.2) is 68.4 Å². The molecule has 2 fully saturated rings. The number of likely N-dealkylation sites (tertiary alicyclic amines) is 1. The number of nitrogens with two attached hydrogens (primary N) is 1. The molecule has 4 rings (SSSR count). The first-order valence-corrected chi connectivity index (χ1v) is 10.6. The Morgan fingerprint density at radius 1 is 1.24 bits per heavy atom. The molecule has 0 bridgehead atoms. The van der Waals surface area contributed by atoms with Crippen molar-refractivity contribution in [3.05, 3.63) is 36.2 Å². The van der Waals surface area contributed by atoms with Crippen LogP contribution in [0.1, 0.15) is 31.4 Å². The van der Waals surface area contributed by atoms with Gasteiger partial charge in [-0.2, -0.15) is 0 Å². The summed E-state index contributed by atoms with van der Waals surface area (Å²) in [5.74, 6) is -0.372. The summed E-state index contributed by atoms with van der Waals surface area (Å²) in [6.07, 6.45) is 0.107. The number of amides is 4. The molecule has 0 radical (unpaired) electrons. The molecule has 0 unspecified atom stereocenters. The van der Waals surface area contributed by atoms with Gasteiger partial charge in [-0.25, -0.2) is 14.3 Å². The van der Waals surface area contributed by atoms with Crippen molar-refractivity contribution in [2.24, 2.45) is 5.73 Å². The van der Waals surface area contributed by atoms with Gasteiger partial charge in [0.25, 0.3) is 0 Å². The molecule has 1 aromatic heterocycles. The summed E-state index contributed by atoms with van der Waals surface area (Å²) in [6, 6.07) is 4.62. The molecule has 2 aromatic rings. The third-order valence-electron chi connectivity index (χ3n) is 5.55. The van der Waals surface area contributed by atoms with Gasteiger partial charge < -0.3 is 25.6 Å². The average molecular weight is 467 g/mol. The van der Waals surface area contributed by atoms with Gasteiger partial charge >= 0.3 is 18.4 Å². The molecule has 4 amide bonds. The molecule has 2 heterocycles. The fourth-order valence-electron chi connectivity index (χ4n) is 3.95. The fourth-order valence-corrected chi connectivity index (χ4v) is 3.95. The summed E-state index contributed by atoms with van der Waals surface area (Å²) in [7, 11) is 0. The third kappa shape index (κ3) is 5.84. The van der Waals surface area contributed by atoms with Crippen molar-refractivity contribution in [3.63, 3.8) is 0 Å². The number of benzene rings is 1. The molecule has 3 N–H and O–H groups in total. The van der Waals surface area contributed by atoms with E-state index in [4.69, 9.17) is 5.73 Å². The summed E-state index contributed by atoms with van der Waals surface area (Å²) in [5.41, 5.74) is 6.17. The molecule has 13 heteroatoms. The predicted molar refractivity (Wildman–Crippen MR) is 109 cm³/mol. The van der Waals surface area contributed by atoms with Crippen LogP contribution in [0.4, 0.5) is 22.8 Å². The van der Waals surface area contributed by atoms with Crippen molar-refractivity contribution >= 4 is 12.1 Å². The van der Waals surface area contributed by atoms with E-state index in [0.29, 0.717) is 24.5 Å². The second kappa shape index (κ2) is 9.16. The van der Waals surface area contributed by atoms with Crippen LogP contribution in [-0.2, 0) is 6.54 Å². The normalized spacial score (nSPS) is 18.6. The molecule has 2 aliphatic rings. The topological polar surface area (TPSA) is 119 Å². The SMILES string of the molecule is NC(=O)N1CCC[C@@H](N(C(=O)NCc2cn(-c3cccc(OC(F)(F)F)c3)nn2)C2CC2)C1. The average Bonchev–Trinajstić information content (AvgIpc) is 3.47. The van der Waals surface area contributed by atoms with Gasteiger partial charge in [-0.1, -0.05) is 11.3 Å². The number of primary amides is 1. The van der Waals surface area contributed by atoms with E-state index in [-0.39, 0.29) is 30.4 Å². The second-order valence-electron chi connectivity index (χ2n) is 8.08. The molecule has 0 spiro atoms. The molecule has 178 valence electrons. The van der Waals surface area contributed by atoms with Crippen molar-refractivity contribution in [2.75, 3.05) is 13.1 Å². The zero-order valence-corrected chi connectivity index (χ0v) is 17.7. The Balaban J connectivity index is 1.38. The van der Waals surface area contributed by atoms with Crippen LogP contribution in [0.3, 0.4) is 0 Å². The van der Waals surface area contributed by atoms with Crippen LogP contribution in [0, 0.1) is 0 Å². The van der Waals surface area contributed by atoms with E-state index in [2.05, 4.69) is 20.4 Å². The van der Waals surface area contributed by atoms with E-state index >= 15 is 0 Å². The first-order chi connectivity index (χ1) is 15.7. The molecule has 1 aromatic carbocycles. The quantitative estimate of drug-likeness (QED) is 0.676. The number of nitrogens with one attached hydrogen (secondary N) is 1. The van der Waals surface area contributed by atoms with E-state index in [9.17, 15) is 22.8 Å². The highest BCUT2D eigenvalue weighted by Gasteiger charge is 2.39. The van der Waals surface area contributed by atoms with Crippen LogP contribution in [0.2, 0.25) is 0 Å². The lowest BCUT2D eigenvalue weighted by atomic mass is 10.0. The Labute approximate surface area is 187 Å². The first kappa shape index (κ1) is 22.7. The van der Waals surface area contributed by atoms with Crippen molar-refractivity contribution in [2.45, 2.75) is 50.7 Å². The Hall–Kier alpha value is -3.51. The van der Waals surface area contributed by atoms with Crippen LogP contribution in [0.25, 0.3) is 5.69 Å². The summed E-state index contributed by atoms with van der Waals surface area (Å²) in [6.45, 7) is 1.09. The molecule has 33 heavy (non-hydrogen) atoms. The third-order valence-corrected chi connectivity index (χ3v) is 5.55. The zero-order chi connectivity index (χ0) is 23.6. The van der Waals surface area contributed by atoms with E-state index in [1.165, 1.54) is 29.1 Å². The molecular weight excluding hydrogens is 443 g/mol. The maximum atomic E-state index is 12.9. The summed E-state index contributed by atoms with van der Waals surface area (Å²) in [5, 5.41) is 10.7. The molecular formula is C20H24F3N7O3. The maximum Gasteiger partial charge on any atom is 0.573 e. The minimum Gasteiger partial charge on any atom is -0.406 e. The number of ether oxygens (including phenoxy) is 1. The highest BCUT2D eigenvalue weighted by molar-refractivity contribution is 5.76. The molecule has 1 aliphatic carbocycles. The lowest BCUT2D eigenvalue weighted by molar-refractivity contribution is -0.274. The number of urea groups is 2. The molecule has 10 nitrogen and oxygen atoms in total. The van der Waals surface area contributed by atoms with Gasteiger partial charge in [-0.15, -0.1) is 18.3 Å². The summed E-state index contributed by atoms with van der Waals surface area (Å²) in [4.78, 5) is 27.8. The Bertz CT molecular complexity index is 1010. The van der Waals surface area contributed by atoms with Gasteiger partial charge in [-0.3, -0.25) is 0 Å². The Kier molecular flexibility index (Phi) is 6.29. The number of halogens is 3. The Morgan fingerprint density at radius 2 is 2.03 bits per heavy atom. The predicted octanol–water partition coefficient (Wildman–Crippen LogP) is 2.38. The number of rotatable bonds is 6. The largest absolute Gasteiger partial charge is 0.573 e. The minimum absolute atomic E-state index is 0.0903. The smallest absolute Gasteiger partial charge is 0.406 e. The standard InChI is InChI=1S/C20H24F3N7O3/c21-20(22,23)33-17-5-1-3-15(9-17)29-11-13(26-27-29)10-25-19(32)30(14-6-7-14)16-4-2-8-28(12-16)18(24)31/h1,3,5,9,11,14,16H,2,4,6-8,10,12H2,(H2,24,31)(H,25,32)/t16-/m1/s1. The number of piperidine rings is 1. The molecule has 1 atom stereocenters. The molecule has 1 saturated heterocycles. The summed E-state index contributed by atoms with van der Waals surface area (Å²) >= 11 is 0. The number of nitrogens with zero attached hydrogens (tertiary/aromatic N) is 5. The van der Waals surface area contributed by atoms with E-state index < -0.39 is 12.4 Å². The van der Waals surface area contributed by atoms with Crippen molar-refractivity contribution < 1.29 is 27.5 Å². The highest BCUT2D eigenvalue weighted by atomic mass is 19.4. The van der Waals surface area contributed by atoms with Crippen LogP contribution in [0.15, 0.2) is 30.5 Å². The van der Waals surface area contributed by atoms with Crippen LogP contribution >= 0.6 is 0 Å². The second-order valence-corrected chi connectivity index (χ2v) is 8.08. The maximum absolute atomic E-state index is 12.9. The van der Waals surface area contributed by atoms with Gasteiger partial charge in [-0.05, 0) is 37.8 Å². The van der Waals surface area contributed by atoms with E-state index in [1.807, 2.05) is 0 Å².